The second-order valence-corrected chi connectivity index (χ2v) is 10.6. The van der Waals surface area contributed by atoms with Crippen LogP contribution in [0.25, 0.3) is 10.8 Å². The van der Waals surface area contributed by atoms with Crippen LogP contribution in [0.2, 0.25) is 0 Å². The van der Waals surface area contributed by atoms with Gasteiger partial charge in [-0.15, -0.1) is 0 Å². The van der Waals surface area contributed by atoms with Gasteiger partial charge in [0.05, 0.1) is 19.2 Å². The molecule has 2 aliphatic rings. The summed E-state index contributed by atoms with van der Waals surface area (Å²) in [6.45, 7) is 0.0833. The minimum atomic E-state index is -0.890. The number of nitrogens with zero attached hydrogens (tertiary/aromatic N) is 5. The maximum atomic E-state index is 14.1. The van der Waals surface area contributed by atoms with Gasteiger partial charge in [0.25, 0.3) is 5.91 Å². The number of rotatable bonds is 7. The summed E-state index contributed by atoms with van der Waals surface area (Å²) < 4.78 is 13.3. The fourth-order valence-electron chi connectivity index (χ4n) is 5.89. The van der Waals surface area contributed by atoms with E-state index in [0.29, 0.717) is 17.7 Å². The lowest BCUT2D eigenvalue weighted by atomic mass is 9.99. The summed E-state index contributed by atoms with van der Waals surface area (Å²) in [6, 6.07) is 29.4. The first-order chi connectivity index (χ1) is 20.9. The van der Waals surface area contributed by atoms with Crippen molar-refractivity contribution in [3.05, 3.63) is 120 Å². The summed E-state index contributed by atoms with van der Waals surface area (Å²) in [4.78, 5) is 44.4. The van der Waals surface area contributed by atoms with Crippen molar-refractivity contribution in [2.45, 2.75) is 25.3 Å². The number of piperazine rings is 1. The number of amides is 4. The molecular formula is C33H29FN6O3. The molecular weight excluding hydrogens is 547 g/mol. The third kappa shape index (κ3) is 5.50. The number of hydrazine groups is 1. The molecule has 1 N–H and O–H groups in total. The Bertz CT molecular complexity index is 1700. The quantitative estimate of drug-likeness (QED) is 0.333. The normalized spacial score (nSPS) is 18.4. The van der Waals surface area contributed by atoms with Crippen molar-refractivity contribution in [2.75, 3.05) is 19.6 Å². The number of nitriles is 1. The largest absolute Gasteiger partial charge is 0.333 e. The average molecular weight is 577 g/mol. The van der Waals surface area contributed by atoms with E-state index >= 15 is 0 Å². The van der Waals surface area contributed by atoms with Crippen molar-refractivity contribution < 1.29 is 18.8 Å². The highest BCUT2D eigenvalue weighted by molar-refractivity contribution is 5.93. The Balaban J connectivity index is 1.32. The molecule has 0 aromatic heterocycles. The minimum absolute atomic E-state index is 0.107. The van der Waals surface area contributed by atoms with Crippen molar-refractivity contribution in [1.82, 2.24) is 25.1 Å². The minimum Gasteiger partial charge on any atom is -0.333 e. The molecule has 9 nitrogen and oxygen atoms in total. The monoisotopic (exact) mass is 576 g/mol. The van der Waals surface area contributed by atoms with Gasteiger partial charge in [-0.1, -0.05) is 84.9 Å². The smallest absolute Gasteiger partial charge is 0.333 e. The third-order valence-electron chi connectivity index (χ3n) is 7.94. The molecule has 43 heavy (non-hydrogen) atoms. The van der Waals surface area contributed by atoms with Crippen molar-refractivity contribution in [3.63, 3.8) is 0 Å². The van der Waals surface area contributed by atoms with E-state index in [-0.39, 0.29) is 43.8 Å². The Morgan fingerprint density at radius 1 is 0.953 bits per heavy atom. The predicted molar refractivity (Wildman–Crippen MR) is 157 cm³/mol. The third-order valence-corrected chi connectivity index (χ3v) is 7.94. The van der Waals surface area contributed by atoms with Gasteiger partial charge in [-0.2, -0.15) is 10.3 Å². The second kappa shape index (κ2) is 11.9. The molecule has 0 spiro atoms. The van der Waals surface area contributed by atoms with Crippen LogP contribution in [-0.4, -0.2) is 63.5 Å². The predicted octanol–water partition coefficient (Wildman–Crippen LogP) is 4.18. The molecule has 4 amide bonds. The van der Waals surface area contributed by atoms with E-state index in [2.05, 4.69) is 5.32 Å². The Morgan fingerprint density at radius 2 is 1.67 bits per heavy atom. The first kappa shape index (κ1) is 27.9. The van der Waals surface area contributed by atoms with Gasteiger partial charge in [0.2, 0.25) is 5.91 Å². The molecule has 0 unspecified atom stereocenters. The van der Waals surface area contributed by atoms with Crippen molar-refractivity contribution in [1.29, 1.82) is 5.26 Å². The molecule has 2 heterocycles. The number of benzene rings is 4. The molecule has 0 aliphatic carbocycles. The molecule has 4 aromatic rings. The fourth-order valence-corrected chi connectivity index (χ4v) is 5.89. The molecule has 10 heteroatoms. The lowest BCUT2D eigenvalue weighted by molar-refractivity contribution is -0.158. The molecule has 216 valence electrons. The van der Waals surface area contributed by atoms with E-state index in [9.17, 15) is 24.0 Å². The Kier molecular flexibility index (Phi) is 7.73. The molecule has 2 fully saturated rings. The van der Waals surface area contributed by atoms with Gasteiger partial charge in [0, 0.05) is 13.1 Å². The zero-order valence-corrected chi connectivity index (χ0v) is 23.3. The van der Waals surface area contributed by atoms with E-state index in [1.807, 2.05) is 78.9 Å². The van der Waals surface area contributed by atoms with Crippen molar-refractivity contribution in [3.8, 4) is 6.07 Å². The Labute approximate surface area is 248 Å². The van der Waals surface area contributed by atoms with E-state index in [1.54, 1.807) is 22.0 Å². The molecule has 2 atom stereocenters. The first-order valence-corrected chi connectivity index (χ1v) is 14.0. The molecule has 2 saturated heterocycles. The van der Waals surface area contributed by atoms with E-state index < -0.39 is 18.2 Å². The van der Waals surface area contributed by atoms with Gasteiger partial charge in [-0.25, -0.2) is 14.2 Å². The number of nitrogens with one attached hydrogen (secondary N) is 1. The summed E-state index contributed by atoms with van der Waals surface area (Å²) >= 11 is 0. The van der Waals surface area contributed by atoms with Crippen LogP contribution in [0.5, 0.6) is 0 Å². The van der Waals surface area contributed by atoms with Crippen LogP contribution in [0.1, 0.15) is 22.7 Å². The highest BCUT2D eigenvalue weighted by Gasteiger charge is 2.52. The lowest BCUT2D eigenvalue weighted by Gasteiger charge is -2.46. The van der Waals surface area contributed by atoms with E-state index in [0.717, 1.165) is 16.3 Å². The topological polar surface area (TPSA) is 100.0 Å². The Morgan fingerprint density at radius 3 is 2.44 bits per heavy atom. The van der Waals surface area contributed by atoms with Gasteiger partial charge >= 0.3 is 6.03 Å². The van der Waals surface area contributed by atoms with Gasteiger partial charge < -0.3 is 15.1 Å². The zero-order chi connectivity index (χ0) is 29.9. The van der Waals surface area contributed by atoms with Gasteiger partial charge in [-0.05, 0) is 39.6 Å². The number of hydrogen-bond acceptors (Lipinski definition) is 5. The van der Waals surface area contributed by atoms with Crippen LogP contribution in [0.4, 0.5) is 9.18 Å². The SMILES string of the molecule is N#CCN(C(=O)NCc1ccc(F)cc1)N1CC(=O)N2[C@@H](c3ccccc3)C(=O)N(Cc3cccc4ccccc34)C[C@@H]21. The maximum Gasteiger partial charge on any atom is 0.333 e. The number of fused-ring (bicyclic) bond motifs is 2. The summed E-state index contributed by atoms with van der Waals surface area (Å²) in [6.07, 6.45) is -0.685. The molecule has 2 aliphatic heterocycles. The summed E-state index contributed by atoms with van der Waals surface area (Å²) in [5, 5.41) is 17.3. The molecule has 0 radical (unpaired) electrons. The molecule has 4 aromatic carbocycles. The highest BCUT2D eigenvalue weighted by Crippen LogP contribution is 2.36. The lowest BCUT2D eigenvalue weighted by Crippen LogP contribution is -2.62. The van der Waals surface area contributed by atoms with Gasteiger partial charge in [0.1, 0.15) is 24.6 Å². The van der Waals surface area contributed by atoms with Crippen LogP contribution in [0.3, 0.4) is 0 Å². The second-order valence-electron chi connectivity index (χ2n) is 10.6. The maximum absolute atomic E-state index is 14.1. The van der Waals surface area contributed by atoms with Crippen molar-refractivity contribution in [2.24, 2.45) is 0 Å². The summed E-state index contributed by atoms with van der Waals surface area (Å²) in [5.41, 5.74) is 2.32. The average Bonchev–Trinajstić information content (AvgIpc) is 3.35. The Hall–Kier alpha value is -5.27. The molecule has 6 rings (SSSR count). The van der Waals surface area contributed by atoms with Crippen LogP contribution >= 0.6 is 0 Å². The number of carbonyl (C=O) groups excluding carboxylic acids is 3. The number of hydrogen-bond donors (Lipinski definition) is 1. The van der Waals surface area contributed by atoms with Gasteiger partial charge in [0.15, 0.2) is 0 Å². The number of halogens is 1. The van der Waals surface area contributed by atoms with E-state index in [1.165, 1.54) is 22.0 Å². The highest BCUT2D eigenvalue weighted by atomic mass is 19.1. The van der Waals surface area contributed by atoms with Gasteiger partial charge in [-0.3, -0.25) is 9.59 Å². The number of carbonyl (C=O) groups is 3. The van der Waals surface area contributed by atoms with Crippen LogP contribution < -0.4 is 5.32 Å². The number of urea groups is 1. The summed E-state index contributed by atoms with van der Waals surface area (Å²) in [5.74, 6) is -0.908. The van der Waals surface area contributed by atoms with Crippen LogP contribution in [-0.2, 0) is 22.7 Å². The fraction of sp³-hybridized carbons (Fsp3) is 0.212. The molecule has 0 saturated carbocycles. The summed E-state index contributed by atoms with van der Waals surface area (Å²) in [7, 11) is 0. The van der Waals surface area contributed by atoms with Crippen LogP contribution in [0, 0.1) is 17.1 Å². The zero-order valence-electron chi connectivity index (χ0n) is 23.3. The van der Waals surface area contributed by atoms with Crippen molar-refractivity contribution >= 4 is 28.6 Å². The molecule has 0 bridgehead atoms. The van der Waals surface area contributed by atoms with E-state index in [4.69, 9.17) is 0 Å². The first-order valence-electron chi connectivity index (χ1n) is 14.0. The standard InChI is InChI=1S/C33H29FN6O3/c34-27-15-13-23(14-16-27)19-36-33(43)38(18-17-35)39-22-30(41)40-29(39)21-37(32(42)31(40)25-8-2-1-3-9-25)20-26-11-6-10-24-7-4-5-12-28(24)26/h1-16,29,31H,18-22H2,(H,36,43)/t29-,31+/m1/s1. The van der Waals surface area contributed by atoms with Crippen LogP contribution in [0.15, 0.2) is 97.1 Å².